The van der Waals surface area contributed by atoms with E-state index in [0.29, 0.717) is 117 Å². The first-order chi connectivity index (χ1) is 54.1. The monoisotopic (exact) mass is 1710 g/mol. The van der Waals surface area contributed by atoms with E-state index in [1.807, 2.05) is 134 Å². The third-order valence-corrected chi connectivity index (χ3v) is 22.3. The van der Waals surface area contributed by atoms with Crippen LogP contribution in [0.25, 0.3) is 89.2 Å². The molecule has 8 aromatic carbocycles. The van der Waals surface area contributed by atoms with Crippen molar-refractivity contribution in [3.63, 3.8) is 0 Å². The number of rotatable bonds is 9. The van der Waals surface area contributed by atoms with Crippen molar-refractivity contribution in [2.24, 2.45) is 0 Å². The molecular weight excluding hydrogens is 1660 g/mol. The molecule has 20 nitrogen and oxygen atoms in total. The highest BCUT2D eigenvalue weighted by Gasteiger charge is 2.38. The summed E-state index contributed by atoms with van der Waals surface area (Å²) >= 11 is 41.3. The minimum atomic E-state index is -2.52. The van der Waals surface area contributed by atoms with Gasteiger partial charge in [-0.3, -0.25) is 61.2 Å². The summed E-state index contributed by atoms with van der Waals surface area (Å²) < 4.78 is 33.2. The number of carbonyl (C=O) groups is 4. The number of pyridine rings is 4. The lowest BCUT2D eigenvalue weighted by Crippen LogP contribution is -2.20. The summed E-state index contributed by atoms with van der Waals surface area (Å²) in [7, 11) is 0. The van der Waals surface area contributed by atoms with Crippen LogP contribution in [0.5, 0.6) is 0 Å². The van der Waals surface area contributed by atoms with Gasteiger partial charge < -0.3 is 18.3 Å². The molecule has 30 heteroatoms. The molecule has 4 aliphatic rings. The first kappa shape index (κ1) is 79.7. The van der Waals surface area contributed by atoms with Gasteiger partial charge in [-0.25, -0.2) is 5.26 Å². The molecule has 16 aromatic rings. The average molecular weight is 1720 g/mol. The Bertz CT molecular complexity index is 6750. The van der Waals surface area contributed by atoms with E-state index in [1.165, 1.54) is 13.7 Å². The number of halogens is 9. The fourth-order valence-electron chi connectivity index (χ4n) is 14.9. The van der Waals surface area contributed by atoms with Crippen molar-refractivity contribution in [1.29, 1.82) is 0 Å². The van der Waals surface area contributed by atoms with Gasteiger partial charge in [-0.2, -0.15) is 4.21 Å². The molecule has 4 aliphatic heterocycles. The first-order valence-corrected chi connectivity index (χ1v) is 37.8. The van der Waals surface area contributed by atoms with Crippen molar-refractivity contribution in [3.05, 3.63) is 370 Å². The van der Waals surface area contributed by atoms with Gasteiger partial charge in [0.15, 0.2) is 0 Å². The number of nitrogens with zero attached hydrogens (tertiary/aromatic N) is 8. The van der Waals surface area contributed by atoms with Gasteiger partial charge in [-0.15, -0.1) is 29.1 Å². The van der Waals surface area contributed by atoms with Gasteiger partial charge in [0, 0.05) is 95.7 Å². The van der Waals surface area contributed by atoms with E-state index in [-0.39, 0.29) is 92.4 Å². The standard InChI is InChI=1S/3C21H12Cl2N2O2.C21H13ClN2O2.2ClH.H2O4S/c2*22-14-6-3-7-15(23)13(14)11-25-16-8-2-1-5-12(16)20(26)18-19(25)17-9-4-10-24(17)21(18)27;22-14-8-7-12(10-15(14)23)11-25-16-5-2-1-4-13(16)20(26)18-19(25)17-6-3-9-24(17)21(18)27;22-14-9-7-13(8-10-14)12-24-16-5-2-1-4-15(16)20(25)18-19(24)17-6-3-11-23(17)21(18)26;;;1-4-5(2)3/h3*1-10H,11H2;1-11H,12H2;2*1H;1H,(H,2,3). The van der Waals surface area contributed by atoms with E-state index in [4.69, 9.17) is 95.2 Å². The average Bonchev–Trinajstić information content (AvgIpc) is 1.58. The van der Waals surface area contributed by atoms with Crippen LogP contribution in [0.3, 0.4) is 0 Å². The van der Waals surface area contributed by atoms with E-state index in [9.17, 15) is 38.4 Å². The molecule has 1 atom stereocenters. The molecule has 570 valence electrons. The Morgan fingerprint density at radius 3 is 0.868 bits per heavy atom. The van der Waals surface area contributed by atoms with Gasteiger partial charge >= 0.3 is 11.4 Å². The van der Waals surface area contributed by atoms with Crippen molar-refractivity contribution in [2.75, 3.05) is 0 Å². The second kappa shape index (κ2) is 32.5. The van der Waals surface area contributed by atoms with Gasteiger partial charge in [0.1, 0.15) is 22.3 Å². The maximum Gasteiger partial charge on any atom is 0.330 e. The molecule has 0 saturated carbocycles. The molecule has 8 aromatic heterocycles. The maximum absolute atomic E-state index is 13.0. The Morgan fingerprint density at radius 1 is 0.307 bits per heavy atom. The van der Waals surface area contributed by atoms with Crippen LogP contribution in [0.4, 0.5) is 0 Å². The van der Waals surface area contributed by atoms with Crippen LogP contribution in [-0.4, -0.2) is 74.2 Å². The number of carbonyl (C=O) groups excluding carboxylic acids is 4. The number of aromatic nitrogens is 8. The second-order valence-electron chi connectivity index (χ2n) is 26.0. The third-order valence-electron chi connectivity index (χ3n) is 19.8. The van der Waals surface area contributed by atoms with Crippen LogP contribution >= 0.6 is 106 Å². The zero-order valence-corrected chi connectivity index (χ0v) is 66.2. The van der Waals surface area contributed by atoms with E-state index in [2.05, 4.69) is 4.33 Å². The normalized spacial score (nSPS) is 12.3. The van der Waals surface area contributed by atoms with Crippen molar-refractivity contribution in [1.82, 2.24) is 36.5 Å². The van der Waals surface area contributed by atoms with E-state index in [1.54, 1.807) is 139 Å². The Morgan fingerprint density at radius 2 is 0.579 bits per heavy atom. The predicted molar refractivity (Wildman–Crippen MR) is 452 cm³/mol. The molecule has 0 amide bonds. The fourth-order valence-corrected chi connectivity index (χ4v) is 16.4. The van der Waals surface area contributed by atoms with Crippen molar-refractivity contribution in [2.45, 2.75) is 26.2 Å². The zero-order valence-electron chi connectivity index (χ0n) is 58.4. The van der Waals surface area contributed by atoms with Gasteiger partial charge in [0.2, 0.25) is 21.7 Å². The SMILES string of the molecule is Cl.Cl.O=C1c2c(n(Cc3c(Cl)cccc3Cl)c3ccccc3c2=O)-c2cccn21.O=C1c2c(n(Cc3c(Cl)cccc3Cl)c3ccccc3c2=O)-c2cccn21.O=C1c2c(n(Cc3ccc(Cl)c(Cl)c3)c3ccccc3c2=O)-c2cccn21.O=C1c2c(n(Cc3ccc(Cl)cc3)c3ccccc3c2=O)-c2cccn21.O=S(O)OO. The summed E-state index contributed by atoms with van der Waals surface area (Å²) in [5.74, 6) is -1.16. The molecule has 1 unspecified atom stereocenters. The highest BCUT2D eigenvalue weighted by atomic mass is 35.5. The van der Waals surface area contributed by atoms with Gasteiger partial charge in [-0.1, -0.05) is 160 Å². The predicted octanol–water partition coefficient (Wildman–Crippen LogP) is 19.1. The largest absolute Gasteiger partial charge is 0.334 e. The molecule has 0 fully saturated rings. The van der Waals surface area contributed by atoms with Crippen LogP contribution in [0.2, 0.25) is 35.2 Å². The molecule has 12 heterocycles. The molecule has 2 N–H and O–H groups in total. The number of hydrogen-bond acceptors (Lipinski definition) is 11. The minimum absolute atomic E-state index is 0. The summed E-state index contributed by atoms with van der Waals surface area (Å²) in [6.45, 7) is 1.69. The van der Waals surface area contributed by atoms with E-state index in [0.717, 1.165) is 55.7 Å². The Labute approximate surface area is 694 Å². The lowest BCUT2D eigenvalue weighted by Gasteiger charge is -2.17. The van der Waals surface area contributed by atoms with Gasteiger partial charge in [-0.05, 0) is 157 Å². The Kier molecular flexibility index (Phi) is 22.7. The number of para-hydroxylation sites is 4. The van der Waals surface area contributed by atoms with Gasteiger partial charge in [0.05, 0.1) is 90.8 Å². The molecule has 0 spiro atoms. The molecule has 0 saturated heterocycles. The first-order valence-electron chi connectivity index (χ1n) is 34.1. The fraction of sp³-hybridized carbons (Fsp3) is 0.0476. The van der Waals surface area contributed by atoms with Gasteiger partial charge in [0.25, 0.3) is 23.6 Å². The number of benzene rings is 8. The molecular formula is C84H53Cl9N8O12S. The maximum atomic E-state index is 13.0. The van der Waals surface area contributed by atoms with Crippen LogP contribution in [0, 0.1) is 0 Å². The molecule has 0 radical (unpaired) electrons. The summed E-state index contributed by atoms with van der Waals surface area (Å²) in [4.78, 5) is 103. The van der Waals surface area contributed by atoms with Crippen LogP contribution in [0.15, 0.2) is 268 Å². The number of hydrogen-bond donors (Lipinski definition) is 2. The van der Waals surface area contributed by atoms with Crippen LogP contribution in [-0.2, 0) is 41.9 Å². The lowest BCUT2D eigenvalue weighted by atomic mass is 10.1. The highest BCUT2D eigenvalue weighted by Crippen LogP contribution is 2.41. The topological polar surface area (TPSA) is 243 Å². The quantitative estimate of drug-likeness (QED) is 0.0779. The minimum Gasteiger partial charge on any atom is -0.334 e. The van der Waals surface area contributed by atoms with Crippen molar-refractivity contribution in [3.8, 4) is 45.6 Å². The third kappa shape index (κ3) is 13.9. The molecule has 20 rings (SSSR count). The summed E-state index contributed by atoms with van der Waals surface area (Å²) in [6, 6.07) is 67.7. The smallest absolute Gasteiger partial charge is 0.330 e. The van der Waals surface area contributed by atoms with Crippen molar-refractivity contribution >= 4 is 185 Å². The summed E-state index contributed by atoms with van der Waals surface area (Å²) in [5.41, 5.74) is 11.8. The second-order valence-corrected chi connectivity index (χ2v) is 29.4. The Hall–Kier alpha value is -11.0. The van der Waals surface area contributed by atoms with Crippen LogP contribution in [0.1, 0.15) is 63.7 Å². The summed E-state index contributed by atoms with van der Waals surface area (Å²) in [6.07, 6.45) is 6.74. The van der Waals surface area contributed by atoms with E-state index >= 15 is 0 Å². The zero-order chi connectivity index (χ0) is 78.2. The number of fused-ring (bicyclic) bond motifs is 16. The molecule has 0 aliphatic carbocycles. The van der Waals surface area contributed by atoms with Crippen molar-refractivity contribution < 1.29 is 37.5 Å². The lowest BCUT2D eigenvalue weighted by molar-refractivity contribution is -0.131. The molecule has 114 heavy (non-hydrogen) atoms. The van der Waals surface area contributed by atoms with Crippen LogP contribution < -0.4 is 21.7 Å². The summed E-state index contributed by atoms with van der Waals surface area (Å²) in [5, 5.41) is 13.0. The van der Waals surface area contributed by atoms with E-state index < -0.39 is 11.4 Å². The molecule has 0 bridgehead atoms. The highest BCUT2D eigenvalue weighted by molar-refractivity contribution is 7.74. The Balaban J connectivity index is 0.000000122.